The van der Waals surface area contributed by atoms with Gasteiger partial charge in [0.2, 0.25) is 0 Å². The molecule has 0 spiro atoms. The van der Waals surface area contributed by atoms with Gasteiger partial charge in [-0.3, -0.25) is 0 Å². The average molecular weight is 1250 g/mol. The number of aromatic nitrogens is 6. The fraction of sp³-hybridized carbons (Fsp3) is 0.0230. The molecule has 0 atom stereocenters. The second-order valence-corrected chi connectivity index (χ2v) is 25.5. The van der Waals surface area contributed by atoms with E-state index in [4.69, 9.17) is 0 Å². The van der Waals surface area contributed by atoms with Gasteiger partial charge in [0.1, 0.15) is 11.6 Å². The van der Waals surface area contributed by atoms with Crippen LogP contribution in [-0.4, -0.2) is 27.4 Å². The maximum atomic E-state index is 16.0. The van der Waals surface area contributed by atoms with E-state index in [1.807, 2.05) is 12.1 Å². The van der Waals surface area contributed by atoms with Crippen LogP contribution in [-0.2, 0) is 6.18 Å². The first-order valence-corrected chi connectivity index (χ1v) is 32.5. The highest BCUT2D eigenvalue weighted by molar-refractivity contribution is 6.17. The molecule has 20 rings (SSSR count). The lowest BCUT2D eigenvalue weighted by atomic mass is 9.92. The van der Waals surface area contributed by atoms with Crippen LogP contribution in [0.2, 0.25) is 0 Å². The molecule has 0 bridgehead atoms. The number of nitriles is 1. The van der Waals surface area contributed by atoms with Gasteiger partial charge in [0.15, 0.2) is 0 Å². The van der Waals surface area contributed by atoms with Crippen molar-refractivity contribution in [3.05, 3.63) is 314 Å². The predicted molar refractivity (Wildman–Crippen MR) is 392 cm³/mol. The molecule has 0 amide bonds. The minimum atomic E-state index is -4.73. The number of halogens is 3. The third-order valence-electron chi connectivity index (χ3n) is 20.4. The van der Waals surface area contributed by atoms with Crippen LogP contribution in [0.3, 0.4) is 0 Å². The topological polar surface area (TPSA) is 53.4 Å². The Hall–Kier alpha value is -12.8. The number of nitrogens with zero attached hydrogens (tertiary/aromatic N) is 7. The Morgan fingerprint density at radius 2 is 0.515 bits per heavy atom. The number of hydrogen-bond acceptors (Lipinski definition) is 1. The molecule has 0 aliphatic carbocycles. The van der Waals surface area contributed by atoms with E-state index >= 15 is 13.2 Å². The molecule has 7 nitrogen and oxygen atoms in total. The normalized spacial score (nSPS) is 12.3. The molecule has 10 heteroatoms. The molecule has 0 fully saturated rings. The van der Waals surface area contributed by atoms with E-state index < -0.39 is 11.7 Å². The van der Waals surface area contributed by atoms with Crippen molar-refractivity contribution >= 4 is 131 Å². The van der Waals surface area contributed by atoms with Crippen molar-refractivity contribution in [2.24, 2.45) is 0 Å². The predicted octanol–water partition coefficient (Wildman–Crippen LogP) is 23.1. The van der Waals surface area contributed by atoms with Crippen molar-refractivity contribution in [3.63, 3.8) is 0 Å². The standard InChI is InChI=1S/C87H52F3N7/c1-52-19-18-28-71(87(88,89)90)86(52)53-45-84(96-80-41-37-54(92-72-29-10-2-20-58(72)59-21-3-11-30-73(59)92)47-66(80)67-48-55(38-42-81(67)96)93-74-31-12-4-22-60(74)61-23-5-13-32-75(61)93)70(51-91)85(46-53)97-82-43-39-56(94-76-33-14-6-24-62(76)63-25-7-15-34-77(63)94)49-68(82)69-50-57(40-44-83(69)97)95-78-35-16-8-26-64(78)65-27-9-17-36-79(65)95/h2-50H,1H3. The number of para-hydroxylation sites is 8. The molecular weight excluding hydrogens is 1200 g/mol. The molecule has 6 heterocycles. The summed E-state index contributed by atoms with van der Waals surface area (Å²) < 4.78 is 61.4. The fourth-order valence-corrected chi connectivity index (χ4v) is 16.4. The van der Waals surface area contributed by atoms with E-state index in [-0.39, 0.29) is 11.1 Å². The lowest BCUT2D eigenvalue weighted by molar-refractivity contribution is -0.137. The fourth-order valence-electron chi connectivity index (χ4n) is 16.4. The third-order valence-corrected chi connectivity index (χ3v) is 20.4. The van der Waals surface area contributed by atoms with Crippen LogP contribution in [0.5, 0.6) is 0 Å². The van der Waals surface area contributed by atoms with Crippen molar-refractivity contribution in [3.8, 4) is 51.3 Å². The zero-order valence-corrected chi connectivity index (χ0v) is 52.1. The second kappa shape index (κ2) is 20.3. The molecule has 97 heavy (non-hydrogen) atoms. The van der Waals surface area contributed by atoms with E-state index in [9.17, 15) is 5.26 Å². The first-order chi connectivity index (χ1) is 47.7. The summed E-state index contributed by atoms with van der Waals surface area (Å²) in [5.74, 6) is 0. The van der Waals surface area contributed by atoms with Crippen molar-refractivity contribution in [1.29, 1.82) is 5.26 Å². The SMILES string of the molecule is Cc1cccc(C(F)(F)F)c1-c1cc(-n2c3ccc(-n4c5ccccc5c5ccccc54)cc3c3cc(-n4c5ccccc5c5ccccc54)ccc32)c(C#N)c(-n2c3ccc(-n4c5ccccc5c5ccccc54)cc3c3cc(-n4c5ccccc5c5ccccc54)ccc32)c1. The molecule has 0 saturated carbocycles. The first kappa shape index (κ1) is 54.7. The zero-order valence-electron chi connectivity index (χ0n) is 52.1. The smallest absolute Gasteiger partial charge is 0.309 e. The summed E-state index contributed by atoms with van der Waals surface area (Å²) in [6.07, 6.45) is -4.73. The van der Waals surface area contributed by atoms with Gasteiger partial charge in [0, 0.05) is 87.4 Å². The highest BCUT2D eigenvalue weighted by Gasteiger charge is 2.35. The monoisotopic (exact) mass is 1250 g/mol. The van der Waals surface area contributed by atoms with Crippen LogP contribution in [0.4, 0.5) is 13.2 Å². The maximum absolute atomic E-state index is 16.0. The van der Waals surface area contributed by atoms with Gasteiger partial charge in [-0.2, -0.15) is 18.4 Å². The van der Waals surface area contributed by atoms with Crippen molar-refractivity contribution in [2.45, 2.75) is 13.1 Å². The van der Waals surface area contributed by atoms with Gasteiger partial charge < -0.3 is 27.4 Å². The summed E-state index contributed by atoms with van der Waals surface area (Å²) in [4.78, 5) is 0. The molecule has 0 radical (unpaired) electrons. The van der Waals surface area contributed by atoms with Crippen LogP contribution >= 0.6 is 0 Å². The number of rotatable bonds is 7. The molecule has 0 saturated heterocycles. The Morgan fingerprint density at radius 3 is 0.763 bits per heavy atom. The number of hydrogen-bond donors (Lipinski definition) is 0. The number of fused-ring (bicyclic) bond motifs is 18. The molecule has 6 aromatic heterocycles. The molecular formula is C87H52F3N7. The van der Waals surface area contributed by atoms with Crippen LogP contribution < -0.4 is 0 Å². The largest absolute Gasteiger partial charge is 0.417 e. The quantitative estimate of drug-likeness (QED) is 0.157. The Bertz CT molecular complexity index is 5920. The van der Waals surface area contributed by atoms with Gasteiger partial charge in [0.05, 0.1) is 83.1 Å². The lowest BCUT2D eigenvalue weighted by Crippen LogP contribution is -2.10. The maximum Gasteiger partial charge on any atom is 0.417 e. The van der Waals surface area contributed by atoms with E-state index in [0.29, 0.717) is 22.5 Å². The zero-order chi connectivity index (χ0) is 64.5. The van der Waals surface area contributed by atoms with Crippen LogP contribution in [0.1, 0.15) is 16.7 Å². The minimum Gasteiger partial charge on any atom is -0.309 e. The van der Waals surface area contributed by atoms with Crippen molar-refractivity contribution in [1.82, 2.24) is 27.4 Å². The molecule has 0 N–H and O–H groups in total. The molecule has 0 unspecified atom stereocenters. The van der Waals surface area contributed by atoms with Gasteiger partial charge in [-0.1, -0.05) is 158 Å². The number of benzene rings is 14. The molecule has 20 aromatic rings. The number of alkyl halides is 3. The highest BCUT2D eigenvalue weighted by atomic mass is 19.4. The second-order valence-electron chi connectivity index (χ2n) is 25.5. The summed E-state index contributed by atoms with van der Waals surface area (Å²) in [7, 11) is 0. The van der Waals surface area contributed by atoms with Gasteiger partial charge in [-0.15, -0.1) is 0 Å². The van der Waals surface area contributed by atoms with Gasteiger partial charge >= 0.3 is 6.18 Å². The molecule has 14 aromatic carbocycles. The Kier molecular flexibility index (Phi) is 11.5. The summed E-state index contributed by atoms with van der Waals surface area (Å²) in [5, 5.41) is 25.0. The highest BCUT2D eigenvalue weighted by Crippen LogP contribution is 2.47. The first-order valence-electron chi connectivity index (χ1n) is 32.5. The summed E-state index contributed by atoms with van der Waals surface area (Å²) >= 11 is 0. The summed E-state index contributed by atoms with van der Waals surface area (Å²) in [5.41, 5.74) is 16.4. The van der Waals surface area contributed by atoms with E-state index in [1.165, 1.54) is 12.1 Å². The van der Waals surface area contributed by atoms with E-state index in [1.54, 1.807) is 13.0 Å². The summed E-state index contributed by atoms with van der Waals surface area (Å²) in [6.45, 7) is 1.74. The van der Waals surface area contributed by atoms with Crippen LogP contribution in [0.15, 0.2) is 297 Å². The van der Waals surface area contributed by atoms with E-state index in [0.717, 1.165) is 154 Å². The average Bonchev–Trinajstić information content (AvgIpc) is 1.60. The van der Waals surface area contributed by atoms with Gasteiger partial charge in [-0.05, 0) is 163 Å². The van der Waals surface area contributed by atoms with E-state index in [2.05, 4.69) is 300 Å². The molecule has 456 valence electrons. The lowest BCUT2D eigenvalue weighted by Gasteiger charge is -2.21. The van der Waals surface area contributed by atoms with Gasteiger partial charge in [-0.25, -0.2) is 0 Å². The van der Waals surface area contributed by atoms with Crippen LogP contribution in [0, 0.1) is 18.3 Å². The Morgan fingerprint density at radius 1 is 0.268 bits per heavy atom. The molecule has 0 aliphatic rings. The summed E-state index contributed by atoms with van der Waals surface area (Å²) in [6, 6.07) is 104. The Balaban J connectivity index is 0.912. The Labute approximate surface area is 552 Å². The van der Waals surface area contributed by atoms with Crippen molar-refractivity contribution < 1.29 is 13.2 Å². The molecule has 0 aliphatic heterocycles. The third kappa shape index (κ3) is 7.79. The van der Waals surface area contributed by atoms with Crippen molar-refractivity contribution in [2.75, 3.05) is 0 Å². The minimum absolute atomic E-state index is 0.0353. The van der Waals surface area contributed by atoms with Crippen LogP contribution in [0.25, 0.3) is 176 Å². The van der Waals surface area contributed by atoms with Gasteiger partial charge in [0.25, 0.3) is 0 Å². The number of aryl methyl sites for hydroxylation is 1.